The second-order valence-corrected chi connectivity index (χ2v) is 6.84. The highest BCUT2D eigenvalue weighted by Gasteiger charge is 2.17. The fourth-order valence-electron chi connectivity index (χ4n) is 3.44. The third kappa shape index (κ3) is 3.87. The standard InChI is InChI=1S/C22H23NO4/c1-14(2)23-15(3)18(10-12-21(24)25)22(26)19-13-17(9-11-20(19)23)27-16-7-5-4-6-8-16/h4-9,11,13-14H,10,12H2,1-3H3,(H,24,25). The Kier molecular flexibility index (Phi) is 5.31. The van der Waals surface area contributed by atoms with E-state index in [4.69, 9.17) is 9.84 Å². The molecule has 0 amide bonds. The average molecular weight is 365 g/mol. The van der Waals surface area contributed by atoms with Gasteiger partial charge < -0.3 is 14.4 Å². The SMILES string of the molecule is Cc1c(CCC(=O)O)c(=O)c2cc(Oc3ccccc3)ccc2n1C(C)C. The second kappa shape index (κ2) is 7.66. The van der Waals surface area contributed by atoms with Crippen LogP contribution < -0.4 is 10.2 Å². The molecule has 0 fully saturated rings. The Bertz CT molecular complexity index is 1040. The van der Waals surface area contributed by atoms with Gasteiger partial charge >= 0.3 is 5.97 Å². The van der Waals surface area contributed by atoms with Gasteiger partial charge in [-0.05, 0) is 57.5 Å². The Balaban J connectivity index is 2.16. The number of para-hydroxylation sites is 1. The van der Waals surface area contributed by atoms with Crippen LogP contribution in [0.4, 0.5) is 0 Å². The zero-order valence-corrected chi connectivity index (χ0v) is 15.7. The van der Waals surface area contributed by atoms with Crippen LogP contribution in [-0.4, -0.2) is 15.6 Å². The van der Waals surface area contributed by atoms with Gasteiger partial charge in [-0.25, -0.2) is 0 Å². The number of benzene rings is 2. The minimum atomic E-state index is -0.911. The molecule has 0 saturated carbocycles. The number of rotatable bonds is 6. The maximum atomic E-state index is 13.1. The molecule has 0 saturated heterocycles. The minimum Gasteiger partial charge on any atom is -0.481 e. The van der Waals surface area contributed by atoms with Crippen LogP contribution in [0.5, 0.6) is 11.5 Å². The molecule has 5 heteroatoms. The van der Waals surface area contributed by atoms with E-state index in [1.807, 2.05) is 63.2 Å². The molecule has 0 bridgehead atoms. The number of pyridine rings is 1. The fourth-order valence-corrected chi connectivity index (χ4v) is 3.44. The van der Waals surface area contributed by atoms with Crippen molar-refractivity contribution >= 4 is 16.9 Å². The largest absolute Gasteiger partial charge is 0.481 e. The molecule has 140 valence electrons. The summed E-state index contributed by atoms with van der Waals surface area (Å²) in [5.74, 6) is 0.361. The summed E-state index contributed by atoms with van der Waals surface area (Å²) in [4.78, 5) is 24.1. The molecule has 3 rings (SSSR count). The number of carboxylic acids is 1. The van der Waals surface area contributed by atoms with Crippen molar-refractivity contribution in [2.24, 2.45) is 0 Å². The molecule has 0 spiro atoms. The molecule has 3 aromatic rings. The molecule has 1 heterocycles. The molecular formula is C22H23NO4. The zero-order chi connectivity index (χ0) is 19.6. The third-order valence-corrected chi connectivity index (χ3v) is 4.63. The molecule has 0 aliphatic heterocycles. The van der Waals surface area contributed by atoms with Gasteiger partial charge in [0.15, 0.2) is 5.43 Å². The van der Waals surface area contributed by atoms with E-state index in [9.17, 15) is 9.59 Å². The first-order valence-electron chi connectivity index (χ1n) is 9.01. The van der Waals surface area contributed by atoms with Crippen molar-refractivity contribution in [1.29, 1.82) is 0 Å². The highest BCUT2D eigenvalue weighted by Crippen LogP contribution is 2.27. The van der Waals surface area contributed by atoms with Gasteiger partial charge in [-0.3, -0.25) is 9.59 Å². The molecular weight excluding hydrogens is 342 g/mol. The first kappa shape index (κ1) is 18.7. The summed E-state index contributed by atoms with van der Waals surface area (Å²) in [6.45, 7) is 5.98. The molecule has 0 aliphatic rings. The quantitative estimate of drug-likeness (QED) is 0.687. The number of hydrogen-bond donors (Lipinski definition) is 1. The van der Waals surface area contributed by atoms with Crippen LogP contribution in [0.1, 0.15) is 37.6 Å². The summed E-state index contributed by atoms with van der Waals surface area (Å²) >= 11 is 0. The lowest BCUT2D eigenvalue weighted by Crippen LogP contribution is -2.21. The average Bonchev–Trinajstić information content (AvgIpc) is 2.62. The summed E-state index contributed by atoms with van der Waals surface area (Å²) in [6.07, 6.45) is 0.145. The van der Waals surface area contributed by atoms with Crippen LogP contribution in [0.3, 0.4) is 0 Å². The van der Waals surface area contributed by atoms with Gasteiger partial charge in [0.2, 0.25) is 0 Å². The smallest absolute Gasteiger partial charge is 0.303 e. The van der Waals surface area contributed by atoms with Gasteiger partial charge in [-0.2, -0.15) is 0 Å². The van der Waals surface area contributed by atoms with Gasteiger partial charge in [0.25, 0.3) is 0 Å². The van der Waals surface area contributed by atoms with Crippen LogP contribution >= 0.6 is 0 Å². The highest BCUT2D eigenvalue weighted by atomic mass is 16.5. The number of aliphatic carboxylic acids is 1. The van der Waals surface area contributed by atoms with Gasteiger partial charge in [-0.15, -0.1) is 0 Å². The normalized spacial score (nSPS) is 11.1. The van der Waals surface area contributed by atoms with Crippen LogP contribution in [0.15, 0.2) is 53.3 Å². The molecule has 1 aromatic heterocycles. The number of fused-ring (bicyclic) bond motifs is 1. The maximum Gasteiger partial charge on any atom is 0.303 e. The van der Waals surface area contributed by atoms with Crippen molar-refractivity contribution in [3.63, 3.8) is 0 Å². The lowest BCUT2D eigenvalue weighted by Gasteiger charge is -2.21. The molecule has 0 atom stereocenters. The first-order chi connectivity index (χ1) is 12.9. The number of carbonyl (C=O) groups is 1. The zero-order valence-electron chi connectivity index (χ0n) is 15.7. The first-order valence-corrected chi connectivity index (χ1v) is 9.01. The molecule has 0 aliphatic carbocycles. The molecule has 0 unspecified atom stereocenters. The lowest BCUT2D eigenvalue weighted by atomic mass is 10.0. The summed E-state index contributed by atoms with van der Waals surface area (Å²) in [7, 11) is 0. The summed E-state index contributed by atoms with van der Waals surface area (Å²) in [6, 6.07) is 15.0. The van der Waals surface area contributed by atoms with Crippen molar-refractivity contribution in [2.75, 3.05) is 0 Å². The monoisotopic (exact) mass is 365 g/mol. The van der Waals surface area contributed by atoms with Crippen LogP contribution in [0, 0.1) is 6.92 Å². The predicted molar refractivity (Wildman–Crippen MR) is 106 cm³/mol. The van der Waals surface area contributed by atoms with E-state index in [-0.39, 0.29) is 24.3 Å². The van der Waals surface area contributed by atoms with Crippen molar-refractivity contribution < 1.29 is 14.6 Å². The maximum absolute atomic E-state index is 13.1. The number of aromatic nitrogens is 1. The summed E-state index contributed by atoms with van der Waals surface area (Å²) in [5, 5.41) is 9.57. The van der Waals surface area contributed by atoms with Crippen LogP contribution in [0.2, 0.25) is 0 Å². The molecule has 5 nitrogen and oxygen atoms in total. The number of carboxylic acid groups (broad SMARTS) is 1. The lowest BCUT2D eigenvalue weighted by molar-refractivity contribution is -0.136. The minimum absolute atomic E-state index is 0.0696. The Morgan fingerprint density at radius 3 is 2.44 bits per heavy atom. The topological polar surface area (TPSA) is 68.5 Å². The Morgan fingerprint density at radius 2 is 1.81 bits per heavy atom. The van der Waals surface area contributed by atoms with E-state index in [1.165, 1.54) is 0 Å². The van der Waals surface area contributed by atoms with E-state index in [2.05, 4.69) is 4.57 Å². The number of hydrogen-bond acceptors (Lipinski definition) is 3. The Hall–Kier alpha value is -3.08. The Morgan fingerprint density at radius 1 is 1.11 bits per heavy atom. The van der Waals surface area contributed by atoms with E-state index in [0.717, 1.165) is 11.2 Å². The van der Waals surface area contributed by atoms with Gasteiger partial charge in [-0.1, -0.05) is 18.2 Å². The van der Waals surface area contributed by atoms with Crippen LogP contribution in [-0.2, 0) is 11.2 Å². The number of ether oxygens (including phenoxy) is 1. The third-order valence-electron chi connectivity index (χ3n) is 4.63. The van der Waals surface area contributed by atoms with Crippen molar-refractivity contribution in [2.45, 2.75) is 39.7 Å². The van der Waals surface area contributed by atoms with E-state index in [1.54, 1.807) is 6.07 Å². The highest BCUT2D eigenvalue weighted by molar-refractivity contribution is 5.82. The van der Waals surface area contributed by atoms with E-state index < -0.39 is 5.97 Å². The van der Waals surface area contributed by atoms with Crippen molar-refractivity contribution in [1.82, 2.24) is 4.57 Å². The van der Waals surface area contributed by atoms with Crippen molar-refractivity contribution in [3.8, 4) is 11.5 Å². The fraction of sp³-hybridized carbons (Fsp3) is 0.273. The predicted octanol–water partition coefficient (Wildman–Crippen LogP) is 4.70. The van der Waals surface area contributed by atoms with Gasteiger partial charge in [0, 0.05) is 29.1 Å². The molecule has 2 aromatic carbocycles. The van der Waals surface area contributed by atoms with E-state index in [0.29, 0.717) is 22.4 Å². The van der Waals surface area contributed by atoms with Crippen LogP contribution in [0.25, 0.3) is 10.9 Å². The molecule has 1 N–H and O–H groups in total. The van der Waals surface area contributed by atoms with E-state index >= 15 is 0 Å². The van der Waals surface area contributed by atoms with Crippen molar-refractivity contribution in [3.05, 3.63) is 70.0 Å². The van der Waals surface area contributed by atoms with Gasteiger partial charge in [0.05, 0.1) is 5.52 Å². The summed E-state index contributed by atoms with van der Waals surface area (Å²) < 4.78 is 7.95. The number of nitrogens with zero attached hydrogens (tertiary/aromatic N) is 1. The second-order valence-electron chi connectivity index (χ2n) is 6.84. The Labute approximate surface area is 157 Å². The molecule has 0 radical (unpaired) electrons. The summed E-state index contributed by atoms with van der Waals surface area (Å²) in [5.41, 5.74) is 2.07. The van der Waals surface area contributed by atoms with Gasteiger partial charge in [0.1, 0.15) is 11.5 Å². The molecule has 27 heavy (non-hydrogen) atoms.